The number of piperazine rings is 1. The van der Waals surface area contributed by atoms with Gasteiger partial charge in [0.15, 0.2) is 0 Å². The predicted octanol–water partition coefficient (Wildman–Crippen LogP) is 4.82. The van der Waals surface area contributed by atoms with Crippen LogP contribution in [-0.2, 0) is 11.3 Å². The summed E-state index contributed by atoms with van der Waals surface area (Å²) in [7, 11) is 0. The summed E-state index contributed by atoms with van der Waals surface area (Å²) in [4.78, 5) is 21.4. The minimum absolute atomic E-state index is 0.195. The lowest BCUT2D eigenvalue weighted by Crippen LogP contribution is -2.47. The summed E-state index contributed by atoms with van der Waals surface area (Å²) >= 11 is 6.14. The number of esters is 1. The summed E-state index contributed by atoms with van der Waals surface area (Å²) < 4.78 is 5.11. The Labute approximate surface area is 194 Å². The van der Waals surface area contributed by atoms with Gasteiger partial charge in [-0.1, -0.05) is 54.1 Å². The zero-order chi connectivity index (χ0) is 22.3. The van der Waals surface area contributed by atoms with Crippen LogP contribution >= 0.6 is 11.6 Å². The molecule has 1 aliphatic rings. The van der Waals surface area contributed by atoms with Gasteiger partial charge in [0.25, 0.3) is 0 Å². The first kappa shape index (κ1) is 22.5. The van der Waals surface area contributed by atoms with E-state index in [0.717, 1.165) is 43.4 Å². The van der Waals surface area contributed by atoms with E-state index in [2.05, 4.69) is 57.2 Å². The van der Waals surface area contributed by atoms with Gasteiger partial charge in [-0.05, 0) is 42.3 Å². The average Bonchev–Trinajstić information content (AvgIpc) is 2.83. The fraction of sp³-hybridized carbons (Fsp3) is 0.308. The molecule has 1 aromatic heterocycles. The zero-order valence-electron chi connectivity index (χ0n) is 18.3. The van der Waals surface area contributed by atoms with Gasteiger partial charge in [0.1, 0.15) is 0 Å². The van der Waals surface area contributed by atoms with Crippen molar-refractivity contribution in [3.8, 4) is 0 Å². The summed E-state index contributed by atoms with van der Waals surface area (Å²) in [5, 5.41) is 0.753. The molecule has 3 aromatic rings. The minimum atomic E-state index is -0.297. The molecule has 5 nitrogen and oxygen atoms in total. The number of benzene rings is 2. The van der Waals surface area contributed by atoms with Crippen molar-refractivity contribution < 1.29 is 9.53 Å². The van der Waals surface area contributed by atoms with Crippen LogP contribution in [0.15, 0.2) is 72.9 Å². The van der Waals surface area contributed by atoms with E-state index >= 15 is 0 Å². The van der Waals surface area contributed by atoms with Crippen LogP contribution in [0.3, 0.4) is 0 Å². The third kappa shape index (κ3) is 5.54. The Morgan fingerprint density at radius 2 is 1.69 bits per heavy atom. The molecule has 32 heavy (non-hydrogen) atoms. The lowest BCUT2D eigenvalue weighted by atomic mass is 9.96. The Bertz CT molecular complexity index is 1020. The number of rotatable bonds is 7. The highest BCUT2D eigenvalue weighted by atomic mass is 35.5. The zero-order valence-corrected chi connectivity index (χ0v) is 19.0. The third-order valence-corrected chi connectivity index (χ3v) is 6.04. The van der Waals surface area contributed by atoms with Crippen molar-refractivity contribution in [3.63, 3.8) is 0 Å². The first-order valence-corrected chi connectivity index (χ1v) is 11.4. The van der Waals surface area contributed by atoms with Gasteiger partial charge in [0.05, 0.1) is 23.9 Å². The maximum Gasteiger partial charge on any atom is 0.338 e. The van der Waals surface area contributed by atoms with Crippen LogP contribution in [0.4, 0.5) is 0 Å². The number of carbonyl (C=O) groups excluding carboxylic acids is 1. The van der Waals surface area contributed by atoms with E-state index in [4.69, 9.17) is 16.3 Å². The number of halogens is 1. The van der Waals surface area contributed by atoms with Gasteiger partial charge in [-0.15, -0.1) is 0 Å². The summed E-state index contributed by atoms with van der Waals surface area (Å²) in [5.41, 5.74) is 3.98. The SMILES string of the molecule is CCOC(=O)c1ccnc(CN2CCN(C(c3ccccc3)c3ccc(Cl)cc3)CC2)c1. The molecular formula is C26H28ClN3O2. The van der Waals surface area contributed by atoms with Crippen LogP contribution in [0.2, 0.25) is 5.02 Å². The Morgan fingerprint density at radius 1 is 1.00 bits per heavy atom. The van der Waals surface area contributed by atoms with Crippen molar-refractivity contribution in [1.82, 2.24) is 14.8 Å². The number of hydrogen-bond donors (Lipinski definition) is 0. The topological polar surface area (TPSA) is 45.7 Å². The van der Waals surface area contributed by atoms with E-state index in [9.17, 15) is 4.79 Å². The van der Waals surface area contributed by atoms with Crippen LogP contribution in [0.5, 0.6) is 0 Å². The van der Waals surface area contributed by atoms with E-state index in [1.165, 1.54) is 11.1 Å². The highest BCUT2D eigenvalue weighted by molar-refractivity contribution is 6.30. The number of aromatic nitrogens is 1. The molecule has 0 spiro atoms. The summed E-state index contributed by atoms with van der Waals surface area (Å²) in [6, 6.07) is 22.5. The molecule has 0 aliphatic carbocycles. The molecular weight excluding hydrogens is 422 g/mol. The highest BCUT2D eigenvalue weighted by Gasteiger charge is 2.26. The van der Waals surface area contributed by atoms with Crippen LogP contribution in [0.1, 0.15) is 40.1 Å². The molecule has 4 rings (SSSR count). The number of pyridine rings is 1. The maximum absolute atomic E-state index is 12.0. The average molecular weight is 450 g/mol. The normalized spacial score (nSPS) is 15.9. The van der Waals surface area contributed by atoms with Crippen LogP contribution in [0.25, 0.3) is 0 Å². The molecule has 0 N–H and O–H groups in total. The molecule has 0 bridgehead atoms. The molecule has 1 aliphatic heterocycles. The van der Waals surface area contributed by atoms with Crippen LogP contribution < -0.4 is 0 Å². The monoisotopic (exact) mass is 449 g/mol. The Kier molecular flexibility index (Phi) is 7.53. The van der Waals surface area contributed by atoms with Crippen molar-refractivity contribution in [2.45, 2.75) is 19.5 Å². The Balaban J connectivity index is 1.44. The fourth-order valence-corrected chi connectivity index (χ4v) is 4.34. The molecule has 0 amide bonds. The van der Waals surface area contributed by atoms with Crippen molar-refractivity contribution in [2.75, 3.05) is 32.8 Å². The van der Waals surface area contributed by atoms with Gasteiger partial charge < -0.3 is 4.74 Å². The van der Waals surface area contributed by atoms with Gasteiger partial charge in [0, 0.05) is 43.9 Å². The van der Waals surface area contributed by atoms with E-state index in [1.54, 1.807) is 12.3 Å². The van der Waals surface area contributed by atoms with E-state index in [0.29, 0.717) is 12.2 Å². The summed E-state index contributed by atoms with van der Waals surface area (Å²) in [6.45, 7) is 6.66. The van der Waals surface area contributed by atoms with Gasteiger partial charge >= 0.3 is 5.97 Å². The van der Waals surface area contributed by atoms with E-state index in [-0.39, 0.29) is 12.0 Å². The second-order valence-corrected chi connectivity index (χ2v) is 8.37. The lowest BCUT2D eigenvalue weighted by molar-refractivity contribution is 0.0525. The summed E-state index contributed by atoms with van der Waals surface area (Å²) in [6.07, 6.45) is 1.68. The number of hydrogen-bond acceptors (Lipinski definition) is 5. The molecule has 0 saturated carbocycles. The number of ether oxygens (including phenoxy) is 1. The molecule has 1 unspecified atom stereocenters. The highest BCUT2D eigenvalue weighted by Crippen LogP contribution is 2.30. The molecule has 1 atom stereocenters. The first-order valence-electron chi connectivity index (χ1n) is 11.0. The lowest BCUT2D eigenvalue weighted by Gasteiger charge is -2.39. The van der Waals surface area contributed by atoms with Gasteiger partial charge in [0.2, 0.25) is 0 Å². The molecule has 166 valence electrons. The second-order valence-electron chi connectivity index (χ2n) is 7.93. The molecule has 2 heterocycles. The Hall–Kier alpha value is -2.73. The number of nitrogens with zero attached hydrogens (tertiary/aromatic N) is 3. The first-order chi connectivity index (χ1) is 15.6. The molecule has 0 radical (unpaired) electrons. The molecule has 6 heteroatoms. The molecule has 1 saturated heterocycles. The predicted molar refractivity (Wildman–Crippen MR) is 127 cm³/mol. The fourth-order valence-electron chi connectivity index (χ4n) is 4.21. The van der Waals surface area contributed by atoms with Crippen molar-refractivity contribution in [3.05, 3.63) is 100 Å². The number of carbonyl (C=O) groups is 1. The quantitative estimate of drug-likeness (QED) is 0.484. The van der Waals surface area contributed by atoms with E-state index in [1.807, 2.05) is 25.1 Å². The smallest absolute Gasteiger partial charge is 0.338 e. The van der Waals surface area contributed by atoms with Crippen molar-refractivity contribution >= 4 is 17.6 Å². The third-order valence-electron chi connectivity index (χ3n) is 5.79. The van der Waals surface area contributed by atoms with E-state index < -0.39 is 0 Å². The second kappa shape index (κ2) is 10.7. The largest absolute Gasteiger partial charge is 0.462 e. The van der Waals surface area contributed by atoms with Crippen molar-refractivity contribution in [2.24, 2.45) is 0 Å². The molecule has 1 fully saturated rings. The Morgan fingerprint density at radius 3 is 2.38 bits per heavy atom. The van der Waals surface area contributed by atoms with Crippen LogP contribution in [0, 0.1) is 0 Å². The van der Waals surface area contributed by atoms with Gasteiger partial charge in [-0.25, -0.2) is 4.79 Å². The maximum atomic E-state index is 12.0. The van der Waals surface area contributed by atoms with Crippen molar-refractivity contribution in [1.29, 1.82) is 0 Å². The standard InChI is InChI=1S/C26H28ClN3O2/c1-2-32-26(31)22-12-13-28-24(18-22)19-29-14-16-30(17-15-29)25(20-6-4-3-5-7-20)21-8-10-23(27)11-9-21/h3-13,18,25H,2,14-17,19H2,1H3. The van der Waals surface area contributed by atoms with Gasteiger partial charge in [-0.2, -0.15) is 0 Å². The van der Waals surface area contributed by atoms with Gasteiger partial charge in [-0.3, -0.25) is 14.8 Å². The molecule has 2 aromatic carbocycles. The summed E-state index contributed by atoms with van der Waals surface area (Å²) in [5.74, 6) is -0.297. The van der Waals surface area contributed by atoms with Crippen LogP contribution in [-0.4, -0.2) is 53.5 Å². The minimum Gasteiger partial charge on any atom is -0.462 e.